The first kappa shape index (κ1) is 23.1. The molecule has 6 nitrogen and oxygen atoms in total. The van der Waals surface area contributed by atoms with Crippen molar-refractivity contribution in [3.63, 3.8) is 0 Å². The molecule has 0 saturated heterocycles. The van der Waals surface area contributed by atoms with Crippen molar-refractivity contribution in [1.82, 2.24) is 10.2 Å². The van der Waals surface area contributed by atoms with Crippen LogP contribution in [0.4, 0.5) is 5.69 Å². The van der Waals surface area contributed by atoms with Crippen LogP contribution in [0.25, 0.3) is 0 Å². The molecule has 2 N–H and O–H groups in total. The minimum atomic E-state index is -0.514. The number of amides is 1. The van der Waals surface area contributed by atoms with Crippen molar-refractivity contribution in [3.8, 4) is 0 Å². The third kappa shape index (κ3) is 5.18. The van der Waals surface area contributed by atoms with Crippen molar-refractivity contribution < 1.29 is 14.3 Å². The smallest absolute Gasteiger partial charge is 0.338 e. The second kappa shape index (κ2) is 9.68. The zero-order valence-electron chi connectivity index (χ0n) is 17.2. The number of carbonyl (C=O) groups is 2. The number of ether oxygens (including phenoxy) is 1. The Morgan fingerprint density at radius 2 is 1.87 bits per heavy atom. The van der Waals surface area contributed by atoms with E-state index < -0.39 is 12.0 Å². The highest BCUT2D eigenvalue weighted by atomic mass is 35.5. The Hall–Kier alpha value is -2.61. The Labute approximate surface area is 196 Å². The molecule has 1 aliphatic rings. The van der Waals surface area contributed by atoms with Gasteiger partial charge in [0, 0.05) is 34.0 Å². The van der Waals surface area contributed by atoms with E-state index in [0.29, 0.717) is 37.7 Å². The normalized spacial score (nSPS) is 16.1. The van der Waals surface area contributed by atoms with E-state index in [0.717, 1.165) is 5.56 Å². The molecule has 1 aliphatic heterocycles. The Morgan fingerprint density at radius 3 is 2.52 bits per heavy atom. The SMILES string of the molecule is CCOC(=O)C1=C(C)N(C)C(=S)NC1c1cccc(NC(=O)c2cc(Cl)cc(Cl)c2)c1. The number of benzene rings is 2. The molecule has 9 heteroatoms. The number of nitrogens with one attached hydrogen (secondary N) is 2. The highest BCUT2D eigenvalue weighted by molar-refractivity contribution is 7.80. The van der Waals surface area contributed by atoms with E-state index >= 15 is 0 Å². The summed E-state index contributed by atoms with van der Waals surface area (Å²) in [6, 6.07) is 11.3. The van der Waals surface area contributed by atoms with E-state index in [4.69, 9.17) is 40.2 Å². The van der Waals surface area contributed by atoms with E-state index in [9.17, 15) is 9.59 Å². The van der Waals surface area contributed by atoms with Crippen LogP contribution in [-0.2, 0) is 9.53 Å². The molecule has 1 atom stereocenters. The molecule has 1 amide bonds. The molecule has 0 aromatic heterocycles. The van der Waals surface area contributed by atoms with Crippen LogP contribution in [0.3, 0.4) is 0 Å². The first-order valence-electron chi connectivity index (χ1n) is 9.50. The molecule has 3 rings (SSSR count). The number of hydrogen-bond donors (Lipinski definition) is 2. The van der Waals surface area contributed by atoms with Crippen molar-refractivity contribution in [2.75, 3.05) is 19.0 Å². The van der Waals surface area contributed by atoms with Crippen molar-refractivity contribution >= 4 is 58.1 Å². The second-order valence-corrected chi connectivity index (χ2v) is 8.16. The molecular weight excluding hydrogens is 457 g/mol. The van der Waals surface area contributed by atoms with Crippen LogP contribution < -0.4 is 10.6 Å². The summed E-state index contributed by atoms with van der Waals surface area (Å²) in [5.74, 6) is -0.777. The minimum absolute atomic E-state index is 0.259. The summed E-state index contributed by atoms with van der Waals surface area (Å²) < 4.78 is 5.26. The van der Waals surface area contributed by atoms with Gasteiger partial charge in [-0.3, -0.25) is 4.79 Å². The van der Waals surface area contributed by atoms with Gasteiger partial charge in [0.25, 0.3) is 5.91 Å². The molecule has 1 heterocycles. The summed E-state index contributed by atoms with van der Waals surface area (Å²) >= 11 is 17.4. The molecule has 2 aromatic rings. The number of hydrogen-bond acceptors (Lipinski definition) is 4. The first-order valence-corrected chi connectivity index (χ1v) is 10.7. The zero-order valence-corrected chi connectivity index (χ0v) is 19.5. The Kier molecular flexibility index (Phi) is 7.20. The van der Waals surface area contributed by atoms with Gasteiger partial charge in [-0.15, -0.1) is 0 Å². The van der Waals surface area contributed by atoms with Gasteiger partial charge in [0.2, 0.25) is 0 Å². The molecule has 1 unspecified atom stereocenters. The van der Waals surface area contributed by atoms with E-state index in [-0.39, 0.29) is 12.5 Å². The largest absolute Gasteiger partial charge is 0.463 e. The van der Waals surface area contributed by atoms with Crippen LogP contribution in [0.5, 0.6) is 0 Å². The molecule has 2 aromatic carbocycles. The summed E-state index contributed by atoms with van der Waals surface area (Å²) in [5.41, 5.74) is 2.80. The van der Waals surface area contributed by atoms with Crippen molar-refractivity contribution in [2.45, 2.75) is 19.9 Å². The highest BCUT2D eigenvalue weighted by Crippen LogP contribution is 2.32. The fourth-order valence-electron chi connectivity index (χ4n) is 3.24. The number of anilines is 1. The van der Waals surface area contributed by atoms with Gasteiger partial charge in [0.1, 0.15) is 0 Å². The Bertz CT molecular complexity index is 1070. The van der Waals surface area contributed by atoms with Crippen LogP contribution in [0.2, 0.25) is 10.0 Å². The number of esters is 1. The zero-order chi connectivity index (χ0) is 22.7. The standard InChI is InChI=1S/C22H21Cl2N3O3S/c1-4-30-21(29)18-12(2)27(3)22(31)26-19(18)13-6-5-7-17(10-13)25-20(28)14-8-15(23)11-16(24)9-14/h5-11,19H,4H2,1-3H3,(H,25,28)(H,26,31). The fraction of sp³-hybridized carbons (Fsp3) is 0.227. The lowest BCUT2D eigenvalue weighted by Crippen LogP contribution is -2.46. The van der Waals surface area contributed by atoms with Gasteiger partial charge in [-0.1, -0.05) is 35.3 Å². The predicted molar refractivity (Wildman–Crippen MR) is 126 cm³/mol. The van der Waals surface area contributed by atoms with Crippen LogP contribution in [0.1, 0.15) is 35.8 Å². The van der Waals surface area contributed by atoms with Crippen molar-refractivity contribution in [2.24, 2.45) is 0 Å². The van der Waals surface area contributed by atoms with E-state index in [1.54, 1.807) is 43.1 Å². The average molecular weight is 478 g/mol. The van der Waals surface area contributed by atoms with E-state index in [2.05, 4.69) is 10.6 Å². The minimum Gasteiger partial charge on any atom is -0.463 e. The van der Waals surface area contributed by atoms with Crippen molar-refractivity contribution in [1.29, 1.82) is 0 Å². The third-order valence-corrected chi connectivity index (χ3v) is 5.68. The summed E-state index contributed by atoms with van der Waals surface area (Å²) in [6.45, 7) is 3.83. The summed E-state index contributed by atoms with van der Waals surface area (Å²) in [4.78, 5) is 27.1. The Morgan fingerprint density at radius 1 is 1.19 bits per heavy atom. The van der Waals surface area contributed by atoms with E-state index in [1.165, 1.54) is 12.1 Å². The summed E-state index contributed by atoms with van der Waals surface area (Å²) in [5, 5.41) is 7.24. The third-order valence-electron chi connectivity index (χ3n) is 4.85. The quantitative estimate of drug-likeness (QED) is 0.469. The Balaban J connectivity index is 1.93. The van der Waals surface area contributed by atoms with Crippen molar-refractivity contribution in [3.05, 3.63) is 74.9 Å². The summed E-state index contributed by atoms with van der Waals surface area (Å²) in [7, 11) is 1.78. The lowest BCUT2D eigenvalue weighted by atomic mass is 9.95. The number of carbonyl (C=O) groups excluding carboxylic acids is 2. The van der Waals surface area contributed by atoms with Crippen LogP contribution >= 0.6 is 35.4 Å². The maximum Gasteiger partial charge on any atom is 0.338 e. The molecule has 0 spiro atoms. The van der Waals surface area contributed by atoms with Crippen LogP contribution in [0.15, 0.2) is 53.7 Å². The molecule has 0 saturated carbocycles. The van der Waals surface area contributed by atoms with Gasteiger partial charge in [-0.05, 0) is 62.0 Å². The van der Waals surface area contributed by atoms with E-state index in [1.807, 2.05) is 13.0 Å². The highest BCUT2D eigenvalue weighted by Gasteiger charge is 2.33. The van der Waals surface area contributed by atoms with Gasteiger partial charge in [-0.2, -0.15) is 0 Å². The maximum atomic E-state index is 12.7. The molecule has 0 aliphatic carbocycles. The first-order chi connectivity index (χ1) is 14.7. The average Bonchev–Trinajstić information content (AvgIpc) is 2.71. The fourth-order valence-corrected chi connectivity index (χ4v) is 4.02. The van der Waals surface area contributed by atoms with Gasteiger partial charge in [-0.25, -0.2) is 4.79 Å². The lowest BCUT2D eigenvalue weighted by Gasteiger charge is -2.35. The van der Waals surface area contributed by atoms with Gasteiger partial charge in [0.05, 0.1) is 18.2 Å². The molecule has 31 heavy (non-hydrogen) atoms. The monoisotopic (exact) mass is 477 g/mol. The van der Waals surface area contributed by atoms with Crippen LogP contribution in [0, 0.1) is 0 Å². The number of nitrogens with zero attached hydrogens (tertiary/aromatic N) is 1. The number of rotatable bonds is 5. The number of allylic oxidation sites excluding steroid dienone is 1. The predicted octanol–water partition coefficient (Wildman–Crippen LogP) is 4.94. The van der Waals surface area contributed by atoms with Crippen LogP contribution in [-0.4, -0.2) is 35.5 Å². The van der Waals surface area contributed by atoms with Gasteiger partial charge >= 0.3 is 5.97 Å². The summed E-state index contributed by atoms with van der Waals surface area (Å²) in [6.07, 6.45) is 0. The molecule has 0 radical (unpaired) electrons. The lowest BCUT2D eigenvalue weighted by molar-refractivity contribution is -0.139. The molecular formula is C22H21Cl2N3O3S. The van der Waals surface area contributed by atoms with Gasteiger partial charge in [0.15, 0.2) is 5.11 Å². The van der Waals surface area contributed by atoms with Gasteiger partial charge < -0.3 is 20.3 Å². The molecule has 162 valence electrons. The number of halogens is 2. The second-order valence-electron chi connectivity index (χ2n) is 6.90. The topological polar surface area (TPSA) is 70.7 Å². The molecule has 0 fully saturated rings. The number of thiocarbonyl (C=S) groups is 1. The molecule has 0 bridgehead atoms. The maximum absolute atomic E-state index is 12.7.